The number of rotatable bonds is 9. The number of amidine groups is 1. The van der Waals surface area contributed by atoms with Gasteiger partial charge in [-0.05, 0) is 54.5 Å². The summed E-state index contributed by atoms with van der Waals surface area (Å²) in [5, 5.41) is 11.1. The van der Waals surface area contributed by atoms with Crippen LogP contribution in [0.5, 0.6) is 5.75 Å². The SMILES string of the molecule is COc1ccc(NC(=O)C[C@H]2S\C(=N/N=C\C(C)=C\c3ccccc3)N(Cc3ccco3)C2=O)cc1. The molecule has 0 spiro atoms. The van der Waals surface area contributed by atoms with Crippen molar-refractivity contribution in [1.29, 1.82) is 0 Å². The van der Waals surface area contributed by atoms with Gasteiger partial charge in [-0.2, -0.15) is 5.10 Å². The van der Waals surface area contributed by atoms with Crippen molar-refractivity contribution in [2.75, 3.05) is 12.4 Å². The van der Waals surface area contributed by atoms with Gasteiger partial charge in [0.25, 0.3) is 0 Å². The lowest BCUT2D eigenvalue weighted by molar-refractivity contribution is -0.128. The Bertz CT molecular complexity index is 1270. The van der Waals surface area contributed by atoms with Crippen LogP contribution >= 0.6 is 11.8 Å². The van der Waals surface area contributed by atoms with E-state index in [0.717, 1.165) is 11.1 Å². The van der Waals surface area contributed by atoms with Crippen molar-refractivity contribution in [3.05, 3.63) is 89.9 Å². The number of hydrogen-bond donors (Lipinski definition) is 1. The van der Waals surface area contributed by atoms with Gasteiger partial charge in [0.15, 0.2) is 5.17 Å². The first-order valence-electron chi connectivity index (χ1n) is 11.3. The summed E-state index contributed by atoms with van der Waals surface area (Å²) in [6, 6.07) is 20.5. The number of ether oxygens (including phenoxy) is 1. The van der Waals surface area contributed by atoms with Crippen molar-refractivity contribution in [3.63, 3.8) is 0 Å². The molecule has 1 fully saturated rings. The predicted octanol–water partition coefficient (Wildman–Crippen LogP) is 5.21. The van der Waals surface area contributed by atoms with Crippen LogP contribution in [-0.4, -0.2) is 40.5 Å². The minimum absolute atomic E-state index is 0.000143. The number of hydrogen-bond acceptors (Lipinski definition) is 7. The standard InChI is InChI=1S/C27H26N4O4S/c1-19(15-20-7-4-3-5-8-20)17-28-30-27-31(18-23-9-6-14-35-23)26(33)24(36-27)16-25(32)29-21-10-12-22(34-2)13-11-21/h3-15,17,24H,16,18H2,1-2H3,(H,29,32)/b19-15+,28-17-,30-27-/t24-/m1/s1. The van der Waals surface area contributed by atoms with E-state index in [1.165, 1.54) is 16.7 Å². The smallest absolute Gasteiger partial charge is 0.243 e. The molecule has 2 heterocycles. The number of methoxy groups -OCH3 is 1. The van der Waals surface area contributed by atoms with E-state index in [0.29, 0.717) is 22.4 Å². The maximum Gasteiger partial charge on any atom is 0.243 e. The number of nitrogens with zero attached hydrogens (tertiary/aromatic N) is 3. The molecular weight excluding hydrogens is 476 g/mol. The lowest BCUT2D eigenvalue weighted by Crippen LogP contribution is -2.33. The topological polar surface area (TPSA) is 96.5 Å². The maximum atomic E-state index is 13.2. The number of benzene rings is 2. The second-order valence-corrected chi connectivity index (χ2v) is 9.19. The first-order chi connectivity index (χ1) is 17.5. The molecule has 0 aliphatic carbocycles. The molecule has 9 heteroatoms. The molecule has 0 saturated carbocycles. The van der Waals surface area contributed by atoms with Crippen LogP contribution in [0, 0.1) is 0 Å². The molecule has 1 saturated heterocycles. The monoisotopic (exact) mass is 502 g/mol. The van der Waals surface area contributed by atoms with Crippen LogP contribution in [0.1, 0.15) is 24.7 Å². The molecular formula is C27H26N4O4S. The van der Waals surface area contributed by atoms with E-state index >= 15 is 0 Å². The van der Waals surface area contributed by atoms with Gasteiger partial charge in [0.1, 0.15) is 16.8 Å². The van der Waals surface area contributed by atoms with Gasteiger partial charge in [0.2, 0.25) is 11.8 Å². The fourth-order valence-electron chi connectivity index (χ4n) is 3.49. The minimum atomic E-state index is -0.617. The zero-order valence-electron chi connectivity index (χ0n) is 20.0. The summed E-state index contributed by atoms with van der Waals surface area (Å²) < 4.78 is 10.6. The average Bonchev–Trinajstić information content (AvgIpc) is 3.49. The van der Waals surface area contributed by atoms with Crippen LogP contribution in [0.2, 0.25) is 0 Å². The van der Waals surface area contributed by atoms with Crippen LogP contribution < -0.4 is 10.1 Å². The molecule has 1 aromatic heterocycles. The lowest BCUT2D eigenvalue weighted by Gasteiger charge is -2.14. The number of anilines is 1. The molecule has 2 amide bonds. The van der Waals surface area contributed by atoms with Crippen LogP contribution in [-0.2, 0) is 16.1 Å². The Morgan fingerprint density at radius 3 is 2.61 bits per heavy atom. The highest BCUT2D eigenvalue weighted by atomic mass is 32.2. The Morgan fingerprint density at radius 2 is 1.92 bits per heavy atom. The highest BCUT2D eigenvalue weighted by Gasteiger charge is 2.39. The van der Waals surface area contributed by atoms with E-state index < -0.39 is 5.25 Å². The third-order valence-corrected chi connectivity index (χ3v) is 6.42. The van der Waals surface area contributed by atoms with Crippen molar-refractivity contribution in [1.82, 2.24) is 4.90 Å². The van der Waals surface area contributed by atoms with E-state index in [4.69, 9.17) is 9.15 Å². The van der Waals surface area contributed by atoms with Crippen molar-refractivity contribution >= 4 is 46.7 Å². The van der Waals surface area contributed by atoms with Crippen molar-refractivity contribution < 1.29 is 18.7 Å². The number of nitrogens with one attached hydrogen (secondary N) is 1. The predicted molar refractivity (Wildman–Crippen MR) is 143 cm³/mol. The van der Waals surface area contributed by atoms with Crippen LogP contribution in [0.3, 0.4) is 0 Å². The summed E-state index contributed by atoms with van der Waals surface area (Å²) >= 11 is 1.22. The van der Waals surface area contributed by atoms with Gasteiger partial charge in [-0.1, -0.05) is 48.2 Å². The summed E-state index contributed by atoms with van der Waals surface area (Å²) in [7, 11) is 1.58. The highest BCUT2D eigenvalue weighted by molar-refractivity contribution is 8.15. The van der Waals surface area contributed by atoms with Gasteiger partial charge >= 0.3 is 0 Å². The van der Waals surface area contributed by atoms with Crippen LogP contribution in [0.4, 0.5) is 5.69 Å². The van der Waals surface area contributed by atoms with E-state index in [2.05, 4.69) is 15.5 Å². The molecule has 2 aromatic carbocycles. The number of allylic oxidation sites excluding steroid dienone is 1. The Morgan fingerprint density at radius 1 is 1.14 bits per heavy atom. The zero-order chi connectivity index (χ0) is 25.3. The van der Waals surface area contributed by atoms with E-state index in [-0.39, 0.29) is 24.8 Å². The third kappa shape index (κ3) is 6.73. The zero-order valence-corrected chi connectivity index (χ0v) is 20.8. The van der Waals surface area contributed by atoms with Gasteiger partial charge in [0, 0.05) is 12.1 Å². The molecule has 0 unspecified atom stereocenters. The van der Waals surface area contributed by atoms with Crippen LogP contribution in [0.15, 0.2) is 93.2 Å². The fourth-order valence-corrected chi connectivity index (χ4v) is 4.59. The summed E-state index contributed by atoms with van der Waals surface area (Å²) in [5.41, 5.74) is 2.60. The molecule has 1 atom stereocenters. The Balaban J connectivity index is 1.46. The highest BCUT2D eigenvalue weighted by Crippen LogP contribution is 2.31. The van der Waals surface area contributed by atoms with Crippen molar-refractivity contribution in [3.8, 4) is 5.75 Å². The Kier molecular flexibility index (Phi) is 8.36. The summed E-state index contributed by atoms with van der Waals surface area (Å²) in [5.74, 6) is 0.824. The fraction of sp³-hybridized carbons (Fsp3) is 0.185. The molecule has 1 aliphatic heterocycles. The normalized spacial score (nSPS) is 17.2. The molecule has 184 valence electrons. The first-order valence-corrected chi connectivity index (χ1v) is 12.2. The lowest BCUT2D eigenvalue weighted by atomic mass is 10.1. The molecule has 1 N–H and O–H groups in total. The number of thioether (sulfide) groups is 1. The second kappa shape index (κ2) is 12.0. The molecule has 4 rings (SSSR count). The summed E-state index contributed by atoms with van der Waals surface area (Å²) in [6.07, 6.45) is 5.18. The van der Waals surface area contributed by atoms with Gasteiger partial charge in [-0.25, -0.2) is 0 Å². The van der Waals surface area contributed by atoms with Crippen molar-refractivity contribution in [2.24, 2.45) is 10.2 Å². The van der Waals surface area contributed by atoms with Gasteiger partial charge < -0.3 is 14.5 Å². The molecule has 0 bridgehead atoms. The quantitative estimate of drug-likeness (QED) is 0.320. The third-order valence-electron chi connectivity index (χ3n) is 5.26. The van der Waals surface area contributed by atoms with Gasteiger partial charge in [-0.15, -0.1) is 5.10 Å². The minimum Gasteiger partial charge on any atom is -0.497 e. The van der Waals surface area contributed by atoms with Crippen molar-refractivity contribution in [2.45, 2.75) is 25.1 Å². The molecule has 36 heavy (non-hydrogen) atoms. The number of carbonyl (C=O) groups excluding carboxylic acids is 2. The van der Waals surface area contributed by atoms with Gasteiger partial charge in [0.05, 0.1) is 26.1 Å². The summed E-state index contributed by atoms with van der Waals surface area (Å²) in [6.45, 7) is 2.14. The molecule has 8 nitrogen and oxygen atoms in total. The molecule has 0 radical (unpaired) electrons. The largest absolute Gasteiger partial charge is 0.497 e. The Labute approximate surface area is 213 Å². The number of amides is 2. The summed E-state index contributed by atoms with van der Waals surface area (Å²) in [4.78, 5) is 27.3. The average molecular weight is 503 g/mol. The Hall–Kier alpha value is -4.11. The van der Waals surface area contributed by atoms with E-state index in [1.54, 1.807) is 56.0 Å². The maximum absolute atomic E-state index is 13.2. The van der Waals surface area contributed by atoms with E-state index in [9.17, 15) is 9.59 Å². The molecule has 1 aliphatic rings. The number of carbonyl (C=O) groups is 2. The number of furan rings is 1. The second-order valence-electron chi connectivity index (χ2n) is 8.02. The van der Waals surface area contributed by atoms with Gasteiger partial charge in [-0.3, -0.25) is 14.5 Å². The van der Waals surface area contributed by atoms with Crippen LogP contribution in [0.25, 0.3) is 6.08 Å². The first kappa shape index (κ1) is 25.0. The molecule has 3 aromatic rings. The van der Waals surface area contributed by atoms with E-state index in [1.807, 2.05) is 43.3 Å².